The summed E-state index contributed by atoms with van der Waals surface area (Å²) >= 11 is 0. The number of halogens is 1. The van der Waals surface area contributed by atoms with Crippen LogP contribution in [0, 0.1) is 0 Å². The van der Waals surface area contributed by atoms with Crippen molar-refractivity contribution in [2.75, 3.05) is 6.61 Å². The minimum absolute atomic E-state index is 0. The van der Waals surface area contributed by atoms with Crippen LogP contribution < -0.4 is 21.5 Å². The van der Waals surface area contributed by atoms with E-state index >= 15 is 0 Å². The summed E-state index contributed by atoms with van der Waals surface area (Å²) in [5.74, 6) is -0.0560. The second kappa shape index (κ2) is 16.0. The molecular weight excluding hydrogens is 354 g/mol. The van der Waals surface area contributed by atoms with E-state index in [1.165, 1.54) is 44.9 Å². The lowest BCUT2D eigenvalue weighted by Gasteiger charge is -2.03. The topological polar surface area (TPSA) is 30.2 Å². The zero-order valence-corrected chi connectivity index (χ0v) is 16.1. The number of rotatable bonds is 13. The van der Waals surface area contributed by atoms with Gasteiger partial charge in [-0.3, -0.25) is 4.79 Å². The van der Waals surface area contributed by atoms with Gasteiger partial charge in [0.15, 0.2) is 25.5 Å². The Bertz CT molecular complexity index is 384. The molecule has 0 amide bonds. The highest BCUT2D eigenvalue weighted by Crippen LogP contribution is 2.10. The third-order valence-corrected chi connectivity index (χ3v) is 3.87. The number of unbranched alkanes of at least 4 members (excludes halogenated alkanes) is 8. The lowest BCUT2D eigenvalue weighted by Crippen LogP contribution is -3.00. The van der Waals surface area contributed by atoms with Gasteiger partial charge in [-0.2, -0.15) is 0 Å². The molecule has 0 aliphatic heterocycles. The highest BCUT2D eigenvalue weighted by atomic mass is 79.9. The molecule has 23 heavy (non-hydrogen) atoms. The van der Waals surface area contributed by atoms with Crippen LogP contribution in [0.2, 0.25) is 0 Å². The lowest BCUT2D eigenvalue weighted by molar-refractivity contribution is -0.697. The van der Waals surface area contributed by atoms with E-state index in [0.717, 1.165) is 19.4 Å². The Kier molecular flexibility index (Phi) is 15.4. The standard InChI is InChI=1S/C19H32NO2.BrH/c1-2-3-4-5-6-7-8-9-11-14-19(21)22-18-17-20-15-12-10-13-16-20;/h10,12-13,15-16H,2-9,11,14,17-18H2,1H3;1H/q+1;/p-1. The summed E-state index contributed by atoms with van der Waals surface area (Å²) in [6.07, 6.45) is 16.0. The van der Waals surface area contributed by atoms with E-state index < -0.39 is 0 Å². The molecule has 0 atom stereocenters. The van der Waals surface area contributed by atoms with Crippen molar-refractivity contribution >= 4 is 5.97 Å². The van der Waals surface area contributed by atoms with Crippen LogP contribution in [0.1, 0.15) is 71.1 Å². The SMILES string of the molecule is CCCCCCCCCCCC(=O)OCC[n+]1ccccc1.[Br-]. The summed E-state index contributed by atoms with van der Waals surface area (Å²) in [7, 11) is 0. The van der Waals surface area contributed by atoms with Gasteiger partial charge in [-0.05, 0) is 6.42 Å². The van der Waals surface area contributed by atoms with Crippen molar-refractivity contribution in [2.24, 2.45) is 0 Å². The first-order valence-electron chi connectivity index (χ1n) is 8.92. The largest absolute Gasteiger partial charge is 1.00 e. The fourth-order valence-corrected chi connectivity index (χ4v) is 2.50. The van der Waals surface area contributed by atoms with Crippen molar-refractivity contribution in [1.29, 1.82) is 0 Å². The van der Waals surface area contributed by atoms with Crippen molar-refractivity contribution in [1.82, 2.24) is 0 Å². The molecule has 1 heterocycles. The molecule has 0 aromatic carbocycles. The summed E-state index contributed by atoms with van der Waals surface area (Å²) in [5, 5.41) is 0. The van der Waals surface area contributed by atoms with Crippen LogP contribution in [0.3, 0.4) is 0 Å². The van der Waals surface area contributed by atoms with E-state index in [2.05, 4.69) is 6.92 Å². The molecule has 0 bridgehead atoms. The maximum Gasteiger partial charge on any atom is 0.306 e. The maximum absolute atomic E-state index is 11.6. The molecule has 0 spiro atoms. The first-order chi connectivity index (χ1) is 10.8. The number of esters is 1. The molecule has 0 aliphatic rings. The van der Waals surface area contributed by atoms with Gasteiger partial charge in [0.25, 0.3) is 0 Å². The van der Waals surface area contributed by atoms with Crippen molar-refractivity contribution in [3.8, 4) is 0 Å². The number of hydrogen-bond donors (Lipinski definition) is 0. The quantitative estimate of drug-likeness (QED) is 0.292. The molecule has 4 heteroatoms. The zero-order valence-electron chi connectivity index (χ0n) is 14.5. The Morgan fingerprint density at radius 1 is 0.870 bits per heavy atom. The first-order valence-corrected chi connectivity index (χ1v) is 8.92. The van der Waals surface area contributed by atoms with Crippen LogP contribution in [-0.2, 0) is 16.1 Å². The first kappa shape index (κ1) is 22.1. The van der Waals surface area contributed by atoms with Gasteiger partial charge in [-0.1, -0.05) is 64.4 Å². The average Bonchev–Trinajstić information content (AvgIpc) is 2.54. The second-order valence-corrected chi connectivity index (χ2v) is 5.91. The number of carbonyl (C=O) groups excluding carboxylic acids is 1. The van der Waals surface area contributed by atoms with E-state index in [4.69, 9.17) is 4.74 Å². The molecule has 132 valence electrons. The van der Waals surface area contributed by atoms with Gasteiger partial charge in [0.1, 0.15) is 0 Å². The van der Waals surface area contributed by atoms with Crippen LogP contribution in [-0.4, -0.2) is 12.6 Å². The van der Waals surface area contributed by atoms with Crippen molar-refractivity contribution in [3.63, 3.8) is 0 Å². The molecular formula is C19H32BrNO2. The molecule has 0 N–H and O–H groups in total. The number of carbonyl (C=O) groups is 1. The van der Waals surface area contributed by atoms with Gasteiger partial charge in [0.05, 0.1) is 0 Å². The van der Waals surface area contributed by atoms with E-state index in [1.807, 2.05) is 35.2 Å². The predicted octanol–water partition coefficient (Wildman–Crippen LogP) is 1.44. The Morgan fingerprint density at radius 3 is 2.04 bits per heavy atom. The summed E-state index contributed by atoms with van der Waals surface area (Å²) in [6.45, 7) is 3.44. The third-order valence-electron chi connectivity index (χ3n) is 3.87. The molecule has 0 fully saturated rings. The zero-order chi connectivity index (χ0) is 15.9. The predicted molar refractivity (Wildman–Crippen MR) is 89.4 cm³/mol. The smallest absolute Gasteiger partial charge is 0.306 e. The summed E-state index contributed by atoms with van der Waals surface area (Å²) < 4.78 is 7.28. The number of aromatic nitrogens is 1. The molecule has 0 aliphatic carbocycles. The maximum atomic E-state index is 11.6. The summed E-state index contributed by atoms with van der Waals surface area (Å²) in [4.78, 5) is 11.6. The minimum Gasteiger partial charge on any atom is -1.00 e. The second-order valence-electron chi connectivity index (χ2n) is 5.91. The number of ether oxygens (including phenoxy) is 1. The average molecular weight is 386 g/mol. The number of pyridine rings is 1. The molecule has 0 unspecified atom stereocenters. The molecule has 1 aromatic heterocycles. The molecule has 1 aromatic rings. The van der Waals surface area contributed by atoms with E-state index in [-0.39, 0.29) is 23.0 Å². The van der Waals surface area contributed by atoms with Gasteiger partial charge in [-0.25, -0.2) is 4.57 Å². The highest BCUT2D eigenvalue weighted by Gasteiger charge is 2.04. The van der Waals surface area contributed by atoms with E-state index in [1.54, 1.807) is 0 Å². The van der Waals surface area contributed by atoms with Gasteiger partial charge in [0, 0.05) is 18.6 Å². The Morgan fingerprint density at radius 2 is 1.43 bits per heavy atom. The molecule has 0 saturated heterocycles. The summed E-state index contributed by atoms with van der Waals surface area (Å²) in [5.41, 5.74) is 0. The van der Waals surface area contributed by atoms with Gasteiger partial charge in [-0.15, -0.1) is 0 Å². The van der Waals surface area contributed by atoms with Crippen LogP contribution >= 0.6 is 0 Å². The molecule has 3 nitrogen and oxygen atoms in total. The lowest BCUT2D eigenvalue weighted by atomic mass is 10.1. The number of nitrogens with zero attached hydrogens (tertiary/aromatic N) is 1. The van der Waals surface area contributed by atoms with Crippen LogP contribution in [0.15, 0.2) is 30.6 Å². The normalized spacial score (nSPS) is 10.1. The van der Waals surface area contributed by atoms with Crippen LogP contribution in [0.4, 0.5) is 0 Å². The minimum atomic E-state index is -0.0560. The van der Waals surface area contributed by atoms with Gasteiger partial charge in [0.2, 0.25) is 0 Å². The molecule has 0 radical (unpaired) electrons. The fourth-order valence-electron chi connectivity index (χ4n) is 2.50. The highest BCUT2D eigenvalue weighted by molar-refractivity contribution is 5.69. The van der Waals surface area contributed by atoms with Gasteiger partial charge >= 0.3 is 5.97 Å². The fraction of sp³-hybridized carbons (Fsp3) is 0.684. The molecule has 0 saturated carbocycles. The summed E-state index contributed by atoms with van der Waals surface area (Å²) in [6, 6.07) is 5.93. The third kappa shape index (κ3) is 13.3. The monoisotopic (exact) mass is 385 g/mol. The Balaban J connectivity index is 0.00000484. The Hall–Kier alpha value is -0.900. The van der Waals surface area contributed by atoms with Crippen LogP contribution in [0.25, 0.3) is 0 Å². The van der Waals surface area contributed by atoms with Crippen molar-refractivity contribution in [2.45, 2.75) is 77.7 Å². The Labute approximate surface area is 152 Å². The molecule has 1 rings (SSSR count). The number of hydrogen-bond acceptors (Lipinski definition) is 2. The van der Waals surface area contributed by atoms with E-state index in [9.17, 15) is 4.79 Å². The van der Waals surface area contributed by atoms with Gasteiger partial charge < -0.3 is 21.7 Å². The van der Waals surface area contributed by atoms with Crippen molar-refractivity contribution in [3.05, 3.63) is 30.6 Å². The van der Waals surface area contributed by atoms with Crippen molar-refractivity contribution < 1.29 is 31.1 Å². The van der Waals surface area contributed by atoms with E-state index in [0.29, 0.717) is 13.0 Å². The van der Waals surface area contributed by atoms with Crippen LogP contribution in [0.5, 0.6) is 0 Å².